The lowest BCUT2D eigenvalue weighted by molar-refractivity contribution is -0.118. The molecule has 0 unspecified atom stereocenters. The van der Waals surface area contributed by atoms with Gasteiger partial charge in [0, 0.05) is 25.2 Å². The van der Waals surface area contributed by atoms with Gasteiger partial charge >= 0.3 is 0 Å². The van der Waals surface area contributed by atoms with Crippen molar-refractivity contribution in [1.29, 1.82) is 0 Å². The Labute approximate surface area is 138 Å². The van der Waals surface area contributed by atoms with Gasteiger partial charge in [0.2, 0.25) is 11.8 Å². The largest absolute Gasteiger partial charge is 0.323 e. The SMILES string of the molecule is CN1C(=O)CCc2cc(CC(=O)Nc3ccc(F)cc3F)ccc21. The molecule has 0 atom stereocenters. The summed E-state index contributed by atoms with van der Waals surface area (Å²) in [5.41, 5.74) is 2.58. The monoisotopic (exact) mass is 330 g/mol. The fourth-order valence-electron chi connectivity index (χ4n) is 2.79. The van der Waals surface area contributed by atoms with Crippen molar-refractivity contribution in [3.05, 3.63) is 59.2 Å². The van der Waals surface area contributed by atoms with Crippen molar-refractivity contribution < 1.29 is 18.4 Å². The molecule has 1 N–H and O–H groups in total. The van der Waals surface area contributed by atoms with Crippen molar-refractivity contribution in [2.75, 3.05) is 17.3 Å². The summed E-state index contributed by atoms with van der Waals surface area (Å²) < 4.78 is 26.4. The van der Waals surface area contributed by atoms with Crippen LogP contribution in [0.5, 0.6) is 0 Å². The van der Waals surface area contributed by atoms with E-state index in [1.165, 1.54) is 6.07 Å². The van der Waals surface area contributed by atoms with Gasteiger partial charge in [-0.25, -0.2) is 8.78 Å². The number of hydrogen-bond donors (Lipinski definition) is 1. The van der Waals surface area contributed by atoms with E-state index in [1.54, 1.807) is 18.0 Å². The molecule has 1 heterocycles. The number of rotatable bonds is 3. The molecule has 0 fully saturated rings. The van der Waals surface area contributed by atoms with Gasteiger partial charge < -0.3 is 10.2 Å². The number of amides is 2. The molecule has 6 heteroatoms. The first-order chi connectivity index (χ1) is 11.4. The number of aryl methyl sites for hydroxylation is 1. The lowest BCUT2D eigenvalue weighted by atomic mass is 9.98. The van der Waals surface area contributed by atoms with E-state index in [-0.39, 0.29) is 23.9 Å². The van der Waals surface area contributed by atoms with Crippen molar-refractivity contribution in [3.63, 3.8) is 0 Å². The van der Waals surface area contributed by atoms with Crippen LogP contribution in [-0.4, -0.2) is 18.9 Å². The van der Waals surface area contributed by atoms with Crippen molar-refractivity contribution in [2.24, 2.45) is 0 Å². The van der Waals surface area contributed by atoms with E-state index >= 15 is 0 Å². The normalized spacial score (nSPS) is 13.6. The highest BCUT2D eigenvalue weighted by Gasteiger charge is 2.21. The van der Waals surface area contributed by atoms with Gasteiger partial charge in [-0.3, -0.25) is 9.59 Å². The molecule has 0 spiro atoms. The molecule has 2 aromatic rings. The molecule has 0 saturated heterocycles. The number of hydrogen-bond acceptors (Lipinski definition) is 2. The summed E-state index contributed by atoms with van der Waals surface area (Å²) >= 11 is 0. The third-order valence-electron chi connectivity index (χ3n) is 4.06. The molecule has 0 aliphatic carbocycles. The highest BCUT2D eigenvalue weighted by molar-refractivity contribution is 5.96. The molecule has 124 valence electrons. The molecule has 0 bridgehead atoms. The molecule has 4 nitrogen and oxygen atoms in total. The minimum Gasteiger partial charge on any atom is -0.323 e. The summed E-state index contributed by atoms with van der Waals surface area (Å²) in [6, 6.07) is 8.47. The first-order valence-corrected chi connectivity index (χ1v) is 7.57. The summed E-state index contributed by atoms with van der Waals surface area (Å²) in [6.07, 6.45) is 1.16. The van der Waals surface area contributed by atoms with Crippen LogP contribution >= 0.6 is 0 Å². The number of anilines is 2. The van der Waals surface area contributed by atoms with Crippen LogP contribution in [0.1, 0.15) is 17.5 Å². The second kappa shape index (κ2) is 6.39. The minimum atomic E-state index is -0.811. The van der Waals surface area contributed by atoms with Gasteiger partial charge in [0.15, 0.2) is 0 Å². The van der Waals surface area contributed by atoms with Gasteiger partial charge in [-0.15, -0.1) is 0 Å². The maximum Gasteiger partial charge on any atom is 0.228 e. The van der Waals surface area contributed by atoms with E-state index in [2.05, 4.69) is 5.32 Å². The summed E-state index contributed by atoms with van der Waals surface area (Å²) in [6.45, 7) is 0. The van der Waals surface area contributed by atoms with Gasteiger partial charge in [0.1, 0.15) is 11.6 Å². The van der Waals surface area contributed by atoms with Crippen molar-refractivity contribution in [2.45, 2.75) is 19.3 Å². The third kappa shape index (κ3) is 3.27. The Kier molecular flexibility index (Phi) is 4.29. The summed E-state index contributed by atoms with van der Waals surface area (Å²) in [5.74, 6) is -1.83. The average molecular weight is 330 g/mol. The second-order valence-corrected chi connectivity index (χ2v) is 5.76. The smallest absolute Gasteiger partial charge is 0.228 e. The molecule has 0 radical (unpaired) electrons. The quantitative estimate of drug-likeness (QED) is 0.940. The van der Waals surface area contributed by atoms with Gasteiger partial charge in [-0.2, -0.15) is 0 Å². The molecule has 24 heavy (non-hydrogen) atoms. The molecule has 1 aliphatic rings. The van der Waals surface area contributed by atoms with Gasteiger partial charge in [0.25, 0.3) is 0 Å². The number of benzene rings is 2. The summed E-state index contributed by atoms with van der Waals surface area (Å²) in [5, 5.41) is 2.44. The predicted octanol–water partition coefficient (Wildman–Crippen LogP) is 3.06. The molecule has 0 saturated carbocycles. The van der Waals surface area contributed by atoms with Crippen LogP contribution in [0.3, 0.4) is 0 Å². The van der Waals surface area contributed by atoms with E-state index < -0.39 is 11.6 Å². The standard InChI is InChI=1S/C18H16F2N2O2/c1-22-16-6-2-11(8-12(16)3-7-18(22)24)9-17(23)21-15-5-4-13(19)10-14(15)20/h2,4-6,8,10H,3,7,9H2,1H3,(H,21,23). The summed E-state index contributed by atoms with van der Waals surface area (Å²) in [4.78, 5) is 25.4. The van der Waals surface area contributed by atoms with Crippen LogP contribution in [0.15, 0.2) is 36.4 Å². The number of nitrogens with one attached hydrogen (secondary N) is 1. The van der Waals surface area contributed by atoms with E-state index in [1.807, 2.05) is 12.1 Å². The molecule has 3 rings (SSSR count). The fraction of sp³-hybridized carbons (Fsp3) is 0.222. The number of halogens is 2. The average Bonchev–Trinajstić information content (AvgIpc) is 2.54. The number of nitrogens with zero attached hydrogens (tertiary/aromatic N) is 1. The van der Waals surface area contributed by atoms with Crippen molar-refractivity contribution >= 4 is 23.2 Å². The lowest BCUT2D eigenvalue weighted by Gasteiger charge is -2.26. The zero-order valence-electron chi connectivity index (χ0n) is 13.1. The Hall–Kier alpha value is -2.76. The second-order valence-electron chi connectivity index (χ2n) is 5.76. The van der Waals surface area contributed by atoms with E-state index in [4.69, 9.17) is 0 Å². The zero-order chi connectivity index (χ0) is 17.3. The Morgan fingerprint density at radius 3 is 2.71 bits per heavy atom. The summed E-state index contributed by atoms with van der Waals surface area (Å²) in [7, 11) is 1.73. The van der Waals surface area contributed by atoms with E-state index in [9.17, 15) is 18.4 Å². The van der Waals surface area contributed by atoms with Crippen LogP contribution in [0.25, 0.3) is 0 Å². The third-order valence-corrected chi connectivity index (χ3v) is 4.06. The first kappa shape index (κ1) is 16.1. The van der Waals surface area contributed by atoms with Crippen LogP contribution in [0.4, 0.5) is 20.2 Å². The Morgan fingerprint density at radius 1 is 1.17 bits per heavy atom. The van der Waals surface area contributed by atoms with E-state index in [0.717, 1.165) is 28.9 Å². The molecule has 2 aromatic carbocycles. The van der Waals surface area contributed by atoms with Crippen molar-refractivity contribution in [3.8, 4) is 0 Å². The maximum absolute atomic E-state index is 13.6. The Bertz CT molecular complexity index is 821. The van der Waals surface area contributed by atoms with Crippen LogP contribution in [-0.2, 0) is 22.4 Å². The lowest BCUT2D eigenvalue weighted by Crippen LogP contribution is -2.31. The topological polar surface area (TPSA) is 49.4 Å². The fourth-order valence-corrected chi connectivity index (χ4v) is 2.79. The Morgan fingerprint density at radius 2 is 1.96 bits per heavy atom. The molecule has 0 aromatic heterocycles. The highest BCUT2D eigenvalue weighted by atomic mass is 19.1. The maximum atomic E-state index is 13.6. The van der Waals surface area contributed by atoms with Crippen LogP contribution < -0.4 is 10.2 Å². The van der Waals surface area contributed by atoms with Gasteiger partial charge in [-0.1, -0.05) is 12.1 Å². The first-order valence-electron chi connectivity index (χ1n) is 7.57. The van der Waals surface area contributed by atoms with Gasteiger partial charge in [-0.05, 0) is 35.7 Å². The number of carbonyl (C=O) groups is 2. The Balaban J connectivity index is 1.72. The number of fused-ring (bicyclic) bond motifs is 1. The highest BCUT2D eigenvalue weighted by Crippen LogP contribution is 2.27. The van der Waals surface area contributed by atoms with Crippen molar-refractivity contribution in [1.82, 2.24) is 0 Å². The molecular formula is C18H16F2N2O2. The molecular weight excluding hydrogens is 314 g/mol. The molecule has 1 aliphatic heterocycles. The minimum absolute atomic E-state index is 0.0512. The zero-order valence-corrected chi connectivity index (χ0v) is 13.1. The van der Waals surface area contributed by atoms with E-state index in [0.29, 0.717) is 12.8 Å². The molecule has 2 amide bonds. The predicted molar refractivity (Wildman–Crippen MR) is 86.9 cm³/mol. The van der Waals surface area contributed by atoms with Gasteiger partial charge in [0.05, 0.1) is 12.1 Å². The van der Waals surface area contributed by atoms with Crippen LogP contribution in [0, 0.1) is 11.6 Å². The number of carbonyl (C=O) groups excluding carboxylic acids is 2. The van der Waals surface area contributed by atoms with Crippen LogP contribution in [0.2, 0.25) is 0 Å².